The average molecular weight is 278 g/mol. The van der Waals surface area contributed by atoms with E-state index in [4.69, 9.17) is 10.2 Å². The molecule has 4 N–H and O–H groups in total. The number of aliphatic carboxylic acids is 2. The van der Waals surface area contributed by atoms with Gasteiger partial charge >= 0.3 is 11.9 Å². The van der Waals surface area contributed by atoms with E-state index in [9.17, 15) is 19.8 Å². The van der Waals surface area contributed by atoms with Crippen LogP contribution in [-0.2, 0) is 9.59 Å². The van der Waals surface area contributed by atoms with Crippen molar-refractivity contribution in [2.75, 3.05) is 0 Å². The molecule has 1 unspecified atom stereocenters. The normalized spacial score (nSPS) is 12.3. The lowest BCUT2D eigenvalue weighted by Gasteiger charge is -2.29. The Labute approximate surface area is 114 Å². The number of rotatable bonds is 8. The highest BCUT2D eigenvalue weighted by atomic mass is 16.5. The van der Waals surface area contributed by atoms with Crippen LogP contribution in [0.5, 0.6) is 0 Å². The Morgan fingerprint density at radius 2 is 1.42 bits per heavy atom. The Balaban J connectivity index is 0. The van der Waals surface area contributed by atoms with Crippen LogP contribution in [0.4, 0.5) is 0 Å². The number of hydrogen-bond acceptors (Lipinski definition) is 4. The molecule has 0 bridgehead atoms. The lowest BCUT2D eigenvalue weighted by Crippen LogP contribution is -2.36. The van der Waals surface area contributed by atoms with E-state index in [1.165, 1.54) is 0 Å². The topological polar surface area (TPSA) is 115 Å². The molecule has 0 saturated carbocycles. The molecule has 0 fully saturated rings. The Morgan fingerprint density at radius 3 is 1.63 bits per heavy atom. The molecular formula is C13H26O6. The van der Waals surface area contributed by atoms with Gasteiger partial charge in [-0.05, 0) is 19.3 Å². The van der Waals surface area contributed by atoms with Crippen LogP contribution in [0.25, 0.3) is 0 Å². The predicted octanol–water partition coefficient (Wildman–Crippen LogP) is 1.84. The fourth-order valence-corrected chi connectivity index (χ4v) is 1.61. The third-order valence-electron chi connectivity index (χ3n) is 2.86. The second-order valence-electron chi connectivity index (χ2n) is 4.41. The molecule has 19 heavy (non-hydrogen) atoms. The molecule has 0 aromatic rings. The van der Waals surface area contributed by atoms with E-state index >= 15 is 0 Å². The molecule has 0 amide bonds. The first-order chi connectivity index (χ1) is 8.71. The first-order valence-corrected chi connectivity index (χ1v) is 6.59. The van der Waals surface area contributed by atoms with Gasteiger partial charge in [-0.25, -0.2) is 0 Å². The molecule has 1 atom stereocenters. The van der Waals surface area contributed by atoms with Crippen molar-refractivity contribution in [1.29, 1.82) is 0 Å². The third kappa shape index (κ3) is 11.7. The summed E-state index contributed by atoms with van der Waals surface area (Å²) in [5, 5.41) is 34.7. The van der Waals surface area contributed by atoms with Crippen molar-refractivity contribution >= 4 is 11.9 Å². The molecule has 0 radical (unpaired) electrons. The smallest absolute Gasteiger partial charge is 0.303 e. The van der Waals surface area contributed by atoms with Gasteiger partial charge < -0.3 is 20.4 Å². The SMILES string of the molecule is CCCC(CC)C(O)(O)CC.O=C(O)CCC(=O)O. The van der Waals surface area contributed by atoms with Gasteiger partial charge in [0.15, 0.2) is 5.79 Å². The zero-order chi connectivity index (χ0) is 15.5. The highest BCUT2D eigenvalue weighted by Gasteiger charge is 2.29. The van der Waals surface area contributed by atoms with Crippen LogP contribution in [0.3, 0.4) is 0 Å². The monoisotopic (exact) mass is 278 g/mol. The van der Waals surface area contributed by atoms with Gasteiger partial charge in [0.05, 0.1) is 12.8 Å². The molecular weight excluding hydrogens is 252 g/mol. The van der Waals surface area contributed by atoms with Crippen LogP contribution >= 0.6 is 0 Å². The maximum atomic E-state index is 9.64. The molecule has 0 aliphatic rings. The summed E-state index contributed by atoms with van der Waals surface area (Å²) in [7, 11) is 0. The molecule has 6 heteroatoms. The van der Waals surface area contributed by atoms with Gasteiger partial charge in [-0.2, -0.15) is 0 Å². The van der Waals surface area contributed by atoms with Crippen molar-refractivity contribution in [3.63, 3.8) is 0 Å². The van der Waals surface area contributed by atoms with E-state index in [0.29, 0.717) is 6.42 Å². The van der Waals surface area contributed by atoms with Crippen molar-refractivity contribution in [3.8, 4) is 0 Å². The highest BCUT2D eigenvalue weighted by molar-refractivity contribution is 5.75. The van der Waals surface area contributed by atoms with Crippen LogP contribution in [0.15, 0.2) is 0 Å². The highest BCUT2D eigenvalue weighted by Crippen LogP contribution is 2.25. The van der Waals surface area contributed by atoms with E-state index < -0.39 is 17.7 Å². The second kappa shape index (κ2) is 10.8. The molecule has 114 valence electrons. The van der Waals surface area contributed by atoms with E-state index in [-0.39, 0.29) is 18.8 Å². The Hall–Kier alpha value is -1.14. The third-order valence-corrected chi connectivity index (χ3v) is 2.86. The zero-order valence-electron chi connectivity index (χ0n) is 11.9. The Morgan fingerprint density at radius 1 is 1.00 bits per heavy atom. The molecule has 0 aliphatic heterocycles. The van der Waals surface area contributed by atoms with Crippen molar-refractivity contribution in [2.24, 2.45) is 5.92 Å². The van der Waals surface area contributed by atoms with E-state index in [0.717, 1.165) is 19.3 Å². The summed E-state index contributed by atoms with van der Waals surface area (Å²) >= 11 is 0. The zero-order valence-corrected chi connectivity index (χ0v) is 11.9. The number of hydrogen-bond donors (Lipinski definition) is 4. The van der Waals surface area contributed by atoms with E-state index in [2.05, 4.69) is 6.92 Å². The second-order valence-corrected chi connectivity index (χ2v) is 4.41. The van der Waals surface area contributed by atoms with Crippen molar-refractivity contribution < 1.29 is 30.0 Å². The Bertz CT molecular complexity index is 248. The van der Waals surface area contributed by atoms with Crippen LogP contribution in [-0.4, -0.2) is 38.2 Å². The summed E-state index contributed by atoms with van der Waals surface area (Å²) in [4.78, 5) is 19.3. The predicted molar refractivity (Wildman–Crippen MR) is 70.7 cm³/mol. The number of carboxylic acid groups (broad SMARTS) is 2. The van der Waals surface area contributed by atoms with Gasteiger partial charge in [0, 0.05) is 5.92 Å². The van der Waals surface area contributed by atoms with Crippen LogP contribution in [0.2, 0.25) is 0 Å². The summed E-state index contributed by atoms with van der Waals surface area (Å²) in [6, 6.07) is 0. The number of aliphatic hydroxyl groups is 2. The first-order valence-electron chi connectivity index (χ1n) is 6.59. The fourth-order valence-electron chi connectivity index (χ4n) is 1.61. The summed E-state index contributed by atoms with van der Waals surface area (Å²) in [6.45, 7) is 5.86. The van der Waals surface area contributed by atoms with Gasteiger partial charge in [0.25, 0.3) is 0 Å². The quantitative estimate of drug-likeness (QED) is 0.504. The van der Waals surface area contributed by atoms with E-state index in [1.54, 1.807) is 6.92 Å². The van der Waals surface area contributed by atoms with Gasteiger partial charge in [0.1, 0.15) is 0 Å². The maximum Gasteiger partial charge on any atom is 0.303 e. The summed E-state index contributed by atoms with van der Waals surface area (Å²) in [5.41, 5.74) is 0. The maximum absolute atomic E-state index is 9.64. The van der Waals surface area contributed by atoms with Gasteiger partial charge in [-0.3, -0.25) is 9.59 Å². The number of carboxylic acids is 2. The molecule has 0 rings (SSSR count). The lowest BCUT2D eigenvalue weighted by molar-refractivity contribution is -0.204. The standard InChI is InChI=1S/C9H20O2.C4H6O4/c1-4-7-8(5-2)9(10,11)6-3;5-3(6)1-2-4(7)8/h8,10-11H,4-7H2,1-3H3;1-2H2,(H,5,6)(H,7,8). The van der Waals surface area contributed by atoms with Crippen LogP contribution in [0, 0.1) is 5.92 Å². The number of carbonyl (C=O) groups is 2. The van der Waals surface area contributed by atoms with Crippen molar-refractivity contribution in [2.45, 2.75) is 65.1 Å². The van der Waals surface area contributed by atoms with Crippen LogP contribution in [0.1, 0.15) is 59.3 Å². The Kier molecular flexibility index (Phi) is 11.4. The van der Waals surface area contributed by atoms with Gasteiger partial charge in [-0.1, -0.05) is 27.2 Å². The molecule has 0 aromatic heterocycles. The minimum absolute atomic E-state index is 0.0394. The average Bonchev–Trinajstić information content (AvgIpc) is 2.34. The van der Waals surface area contributed by atoms with Crippen LogP contribution < -0.4 is 0 Å². The molecule has 0 spiro atoms. The van der Waals surface area contributed by atoms with Crippen molar-refractivity contribution in [1.82, 2.24) is 0 Å². The summed E-state index contributed by atoms with van der Waals surface area (Å²) in [5.74, 6) is -3.55. The van der Waals surface area contributed by atoms with Crippen molar-refractivity contribution in [3.05, 3.63) is 0 Å². The molecule has 0 aliphatic carbocycles. The fraction of sp³-hybridized carbons (Fsp3) is 0.846. The molecule has 6 nitrogen and oxygen atoms in total. The minimum atomic E-state index is -1.44. The molecule has 0 aromatic carbocycles. The van der Waals surface area contributed by atoms with E-state index in [1.807, 2.05) is 6.92 Å². The summed E-state index contributed by atoms with van der Waals surface area (Å²) < 4.78 is 0. The summed E-state index contributed by atoms with van der Waals surface area (Å²) in [6.07, 6.45) is 2.59. The minimum Gasteiger partial charge on any atom is -0.481 e. The largest absolute Gasteiger partial charge is 0.481 e. The first kappa shape index (κ1) is 20.2. The molecule has 0 saturated heterocycles. The van der Waals surface area contributed by atoms with Gasteiger partial charge in [0.2, 0.25) is 0 Å². The lowest BCUT2D eigenvalue weighted by atomic mass is 9.90. The van der Waals surface area contributed by atoms with Gasteiger partial charge in [-0.15, -0.1) is 0 Å². The molecule has 0 heterocycles.